The Bertz CT molecular complexity index is 415. The highest BCUT2D eigenvalue weighted by atomic mass is 16.2. The SMILES string of the molecule is CCCN1CCCN(C(C)CCN2CCCN(C(=O)C(C)C)CC2)CC1. The molecular formula is C21H42N4O. The second kappa shape index (κ2) is 11.3. The molecule has 2 aliphatic heterocycles. The normalized spacial score (nSPS) is 23.0. The summed E-state index contributed by atoms with van der Waals surface area (Å²) in [6.07, 6.45) is 4.93. The van der Waals surface area contributed by atoms with E-state index in [-0.39, 0.29) is 5.92 Å². The molecule has 2 rings (SSSR count). The van der Waals surface area contributed by atoms with Gasteiger partial charge in [-0.15, -0.1) is 0 Å². The lowest BCUT2D eigenvalue weighted by molar-refractivity contribution is -0.134. The van der Waals surface area contributed by atoms with Crippen LogP contribution in [0.3, 0.4) is 0 Å². The number of hydrogen-bond donors (Lipinski definition) is 0. The molecule has 152 valence electrons. The summed E-state index contributed by atoms with van der Waals surface area (Å²) in [5, 5.41) is 0. The number of carbonyl (C=O) groups excluding carboxylic acids is 1. The number of carbonyl (C=O) groups is 1. The van der Waals surface area contributed by atoms with Crippen molar-refractivity contribution in [2.45, 2.75) is 59.4 Å². The molecule has 2 heterocycles. The molecule has 1 amide bonds. The molecule has 0 spiro atoms. The first-order chi connectivity index (χ1) is 12.5. The predicted octanol–water partition coefficient (Wildman–Crippen LogP) is 2.37. The van der Waals surface area contributed by atoms with Gasteiger partial charge in [0.05, 0.1) is 0 Å². The highest BCUT2D eigenvalue weighted by Crippen LogP contribution is 2.13. The van der Waals surface area contributed by atoms with Gasteiger partial charge >= 0.3 is 0 Å². The van der Waals surface area contributed by atoms with Crippen LogP contribution in [0.25, 0.3) is 0 Å². The summed E-state index contributed by atoms with van der Waals surface area (Å²) in [7, 11) is 0. The third-order valence-electron chi connectivity index (χ3n) is 6.04. The Hall–Kier alpha value is -0.650. The van der Waals surface area contributed by atoms with Crippen molar-refractivity contribution in [3.63, 3.8) is 0 Å². The lowest BCUT2D eigenvalue weighted by atomic mass is 10.2. The van der Waals surface area contributed by atoms with Gasteiger partial charge in [-0.05, 0) is 65.3 Å². The monoisotopic (exact) mass is 366 g/mol. The van der Waals surface area contributed by atoms with Gasteiger partial charge in [0.1, 0.15) is 0 Å². The van der Waals surface area contributed by atoms with Crippen LogP contribution in [0.2, 0.25) is 0 Å². The first-order valence-corrected chi connectivity index (χ1v) is 11.0. The summed E-state index contributed by atoms with van der Waals surface area (Å²) in [5.74, 6) is 0.443. The average molecular weight is 367 g/mol. The average Bonchev–Trinajstić information content (AvgIpc) is 3.00. The zero-order chi connectivity index (χ0) is 18.9. The van der Waals surface area contributed by atoms with Gasteiger partial charge in [-0.25, -0.2) is 0 Å². The van der Waals surface area contributed by atoms with Gasteiger partial charge in [-0.3, -0.25) is 9.69 Å². The molecule has 0 aromatic heterocycles. The van der Waals surface area contributed by atoms with Gasteiger partial charge in [0.15, 0.2) is 0 Å². The Morgan fingerprint density at radius 2 is 1.46 bits per heavy atom. The first-order valence-electron chi connectivity index (χ1n) is 11.0. The van der Waals surface area contributed by atoms with Crippen molar-refractivity contribution >= 4 is 5.91 Å². The zero-order valence-corrected chi connectivity index (χ0v) is 17.8. The lowest BCUT2D eigenvalue weighted by Crippen LogP contribution is -2.40. The summed E-state index contributed by atoms with van der Waals surface area (Å²) in [6, 6.07) is 0.660. The molecule has 2 fully saturated rings. The number of amides is 1. The fraction of sp³-hybridized carbons (Fsp3) is 0.952. The van der Waals surface area contributed by atoms with Crippen LogP contribution in [0.4, 0.5) is 0 Å². The third kappa shape index (κ3) is 6.82. The quantitative estimate of drug-likeness (QED) is 0.692. The molecule has 1 unspecified atom stereocenters. The number of hydrogen-bond acceptors (Lipinski definition) is 4. The van der Waals surface area contributed by atoms with E-state index in [2.05, 4.69) is 33.4 Å². The van der Waals surface area contributed by atoms with E-state index in [4.69, 9.17) is 0 Å². The highest BCUT2D eigenvalue weighted by molar-refractivity contribution is 5.78. The van der Waals surface area contributed by atoms with Gasteiger partial charge in [-0.2, -0.15) is 0 Å². The fourth-order valence-corrected chi connectivity index (χ4v) is 4.30. The minimum Gasteiger partial charge on any atom is -0.341 e. The Labute approximate surface area is 161 Å². The van der Waals surface area contributed by atoms with Crippen molar-refractivity contribution in [1.29, 1.82) is 0 Å². The molecule has 1 atom stereocenters. The Kier molecular flexibility index (Phi) is 9.37. The van der Waals surface area contributed by atoms with E-state index >= 15 is 0 Å². The Morgan fingerprint density at radius 3 is 2.15 bits per heavy atom. The van der Waals surface area contributed by atoms with Crippen molar-refractivity contribution < 1.29 is 4.79 Å². The molecular weight excluding hydrogens is 324 g/mol. The minimum atomic E-state index is 0.122. The Balaban J connectivity index is 1.71. The maximum atomic E-state index is 12.2. The van der Waals surface area contributed by atoms with Crippen LogP contribution in [0.15, 0.2) is 0 Å². The van der Waals surface area contributed by atoms with Gasteiger partial charge in [-0.1, -0.05) is 20.8 Å². The molecule has 0 aromatic carbocycles. The van der Waals surface area contributed by atoms with Crippen molar-refractivity contribution in [1.82, 2.24) is 19.6 Å². The van der Waals surface area contributed by atoms with Crippen LogP contribution in [0.5, 0.6) is 0 Å². The molecule has 26 heavy (non-hydrogen) atoms. The molecule has 0 saturated carbocycles. The summed E-state index contributed by atoms with van der Waals surface area (Å²) >= 11 is 0. The van der Waals surface area contributed by atoms with Gasteiger partial charge in [0.25, 0.3) is 0 Å². The van der Waals surface area contributed by atoms with E-state index in [9.17, 15) is 4.79 Å². The van der Waals surface area contributed by atoms with Crippen LogP contribution in [-0.4, -0.2) is 97.0 Å². The smallest absolute Gasteiger partial charge is 0.225 e. The van der Waals surface area contributed by atoms with Gasteiger partial charge < -0.3 is 14.7 Å². The van der Waals surface area contributed by atoms with Crippen molar-refractivity contribution in [3.8, 4) is 0 Å². The molecule has 5 heteroatoms. The molecule has 0 aromatic rings. The largest absolute Gasteiger partial charge is 0.341 e. The third-order valence-corrected chi connectivity index (χ3v) is 6.04. The van der Waals surface area contributed by atoms with Crippen LogP contribution in [0.1, 0.15) is 53.4 Å². The Morgan fingerprint density at radius 1 is 0.808 bits per heavy atom. The molecule has 2 saturated heterocycles. The van der Waals surface area contributed by atoms with E-state index < -0.39 is 0 Å². The highest BCUT2D eigenvalue weighted by Gasteiger charge is 2.22. The van der Waals surface area contributed by atoms with E-state index in [0.717, 1.165) is 32.6 Å². The van der Waals surface area contributed by atoms with Crippen molar-refractivity contribution in [3.05, 3.63) is 0 Å². The number of nitrogens with zero attached hydrogens (tertiary/aromatic N) is 4. The molecule has 0 radical (unpaired) electrons. The summed E-state index contributed by atoms with van der Waals surface area (Å²) < 4.78 is 0. The van der Waals surface area contributed by atoms with Crippen LogP contribution in [0, 0.1) is 5.92 Å². The lowest BCUT2D eigenvalue weighted by Gasteiger charge is -2.30. The van der Waals surface area contributed by atoms with E-state index in [1.54, 1.807) is 0 Å². The van der Waals surface area contributed by atoms with Crippen molar-refractivity contribution in [2.75, 3.05) is 65.4 Å². The molecule has 5 nitrogen and oxygen atoms in total. The number of rotatable bonds is 7. The zero-order valence-electron chi connectivity index (χ0n) is 17.8. The van der Waals surface area contributed by atoms with Crippen LogP contribution < -0.4 is 0 Å². The molecule has 2 aliphatic rings. The minimum absolute atomic E-state index is 0.122. The molecule has 0 bridgehead atoms. The van der Waals surface area contributed by atoms with E-state index in [1.807, 2.05) is 13.8 Å². The summed E-state index contributed by atoms with van der Waals surface area (Å²) in [5.41, 5.74) is 0. The van der Waals surface area contributed by atoms with E-state index in [1.165, 1.54) is 58.5 Å². The molecule has 0 aliphatic carbocycles. The maximum Gasteiger partial charge on any atom is 0.225 e. The van der Waals surface area contributed by atoms with Gasteiger partial charge in [0.2, 0.25) is 5.91 Å². The fourth-order valence-electron chi connectivity index (χ4n) is 4.30. The van der Waals surface area contributed by atoms with Gasteiger partial charge in [0, 0.05) is 44.7 Å². The summed E-state index contributed by atoms with van der Waals surface area (Å²) in [6.45, 7) is 20.1. The molecule has 0 N–H and O–H groups in total. The first kappa shape index (κ1) is 21.6. The topological polar surface area (TPSA) is 30.0 Å². The van der Waals surface area contributed by atoms with Crippen LogP contribution >= 0.6 is 0 Å². The maximum absolute atomic E-state index is 12.2. The van der Waals surface area contributed by atoms with Crippen LogP contribution in [-0.2, 0) is 4.79 Å². The second-order valence-electron chi connectivity index (χ2n) is 8.54. The van der Waals surface area contributed by atoms with Crippen molar-refractivity contribution in [2.24, 2.45) is 5.92 Å². The second-order valence-corrected chi connectivity index (χ2v) is 8.54. The standard InChI is InChI=1S/C21H42N4O/c1-5-9-22-10-6-12-24(17-15-22)20(4)8-14-23-11-7-13-25(18-16-23)21(26)19(2)3/h19-20H,5-18H2,1-4H3. The van der Waals surface area contributed by atoms with E-state index in [0.29, 0.717) is 11.9 Å². The summed E-state index contributed by atoms with van der Waals surface area (Å²) in [4.78, 5) is 22.2. The predicted molar refractivity (Wildman–Crippen MR) is 109 cm³/mol.